The second kappa shape index (κ2) is 3.86. The number of nitrogens with zero attached hydrogens (tertiary/aromatic N) is 3. The van der Waals surface area contributed by atoms with Gasteiger partial charge in [0.15, 0.2) is 0 Å². The Balaban J connectivity index is 2.06. The first-order chi connectivity index (χ1) is 6.85. The first-order valence-electron chi connectivity index (χ1n) is 5.15. The highest BCUT2D eigenvalue weighted by Gasteiger charge is 2.38. The van der Waals surface area contributed by atoms with E-state index in [0.29, 0.717) is 12.1 Å². The van der Waals surface area contributed by atoms with Crippen molar-refractivity contribution in [2.24, 2.45) is 5.10 Å². The van der Waals surface area contributed by atoms with Crippen LogP contribution in [0.15, 0.2) is 30.5 Å². The summed E-state index contributed by atoms with van der Waals surface area (Å²) < 4.78 is 0. The van der Waals surface area contributed by atoms with E-state index in [9.17, 15) is 0 Å². The molecule has 2 fully saturated rings. The highest BCUT2D eigenvalue weighted by molar-refractivity contribution is 5.69. The van der Waals surface area contributed by atoms with Crippen LogP contribution in [0.2, 0.25) is 0 Å². The smallest absolute Gasteiger partial charge is 0.0650 e. The van der Waals surface area contributed by atoms with E-state index in [0.717, 1.165) is 13.1 Å². The average Bonchev–Trinajstić information content (AvgIpc) is 2.46. The van der Waals surface area contributed by atoms with Gasteiger partial charge < -0.3 is 4.90 Å². The number of hydrogen-bond acceptors (Lipinski definition) is 3. The van der Waals surface area contributed by atoms with Crippen LogP contribution in [-0.4, -0.2) is 41.3 Å². The second-order valence-electron chi connectivity index (χ2n) is 3.90. The predicted octanol–water partition coefficient (Wildman–Crippen LogP) is 1.45. The highest BCUT2D eigenvalue weighted by atomic mass is 15.5. The van der Waals surface area contributed by atoms with Crippen LogP contribution >= 0.6 is 0 Å². The van der Waals surface area contributed by atoms with E-state index in [4.69, 9.17) is 0 Å². The van der Waals surface area contributed by atoms with Crippen molar-refractivity contribution in [3.05, 3.63) is 25.4 Å². The zero-order valence-electron chi connectivity index (χ0n) is 8.47. The third-order valence-electron chi connectivity index (χ3n) is 3.04. The SMILES string of the molecule is C=C/C=N/N1C2CC[C@H]1CN(C=C)C2. The van der Waals surface area contributed by atoms with Gasteiger partial charge >= 0.3 is 0 Å². The highest BCUT2D eigenvalue weighted by Crippen LogP contribution is 2.30. The monoisotopic (exact) mass is 191 g/mol. The summed E-state index contributed by atoms with van der Waals surface area (Å²) in [4.78, 5) is 2.29. The van der Waals surface area contributed by atoms with E-state index < -0.39 is 0 Å². The van der Waals surface area contributed by atoms with Gasteiger partial charge in [-0.15, -0.1) is 0 Å². The molecule has 3 nitrogen and oxygen atoms in total. The van der Waals surface area contributed by atoms with Gasteiger partial charge in [0.2, 0.25) is 0 Å². The number of likely N-dealkylation sites (tertiary alicyclic amines) is 1. The maximum absolute atomic E-state index is 4.42. The minimum atomic E-state index is 0.572. The zero-order valence-corrected chi connectivity index (χ0v) is 8.47. The van der Waals surface area contributed by atoms with E-state index in [1.807, 2.05) is 6.20 Å². The van der Waals surface area contributed by atoms with Gasteiger partial charge in [0.05, 0.1) is 12.1 Å². The Hall–Kier alpha value is -1.25. The number of hydrogen-bond donors (Lipinski definition) is 0. The summed E-state index contributed by atoms with van der Waals surface area (Å²) >= 11 is 0. The molecule has 0 aromatic rings. The van der Waals surface area contributed by atoms with Gasteiger partial charge in [0.1, 0.15) is 0 Å². The van der Waals surface area contributed by atoms with Gasteiger partial charge in [-0.25, -0.2) is 0 Å². The molecule has 0 aromatic carbocycles. The Morgan fingerprint density at radius 1 is 1.14 bits per heavy atom. The Kier molecular flexibility index (Phi) is 2.57. The van der Waals surface area contributed by atoms with E-state index in [1.54, 1.807) is 12.3 Å². The van der Waals surface area contributed by atoms with Gasteiger partial charge in [0.25, 0.3) is 0 Å². The van der Waals surface area contributed by atoms with Crippen LogP contribution in [0.5, 0.6) is 0 Å². The molecule has 2 rings (SSSR count). The Morgan fingerprint density at radius 3 is 2.29 bits per heavy atom. The molecule has 0 spiro atoms. The van der Waals surface area contributed by atoms with Crippen molar-refractivity contribution in [1.29, 1.82) is 0 Å². The van der Waals surface area contributed by atoms with Crippen LogP contribution in [0.3, 0.4) is 0 Å². The number of hydrazone groups is 1. The molecule has 0 amide bonds. The van der Waals surface area contributed by atoms with Crippen LogP contribution in [0.25, 0.3) is 0 Å². The van der Waals surface area contributed by atoms with Gasteiger partial charge in [-0.2, -0.15) is 5.10 Å². The summed E-state index contributed by atoms with van der Waals surface area (Å²) in [5.74, 6) is 0. The molecule has 2 bridgehead atoms. The summed E-state index contributed by atoms with van der Waals surface area (Å²) in [6.07, 6.45) is 7.97. The molecule has 2 heterocycles. The lowest BCUT2D eigenvalue weighted by Crippen LogP contribution is -2.49. The molecule has 0 aromatic heterocycles. The van der Waals surface area contributed by atoms with Crippen LogP contribution in [-0.2, 0) is 0 Å². The normalized spacial score (nSPS) is 31.1. The number of rotatable bonds is 3. The van der Waals surface area contributed by atoms with Crippen molar-refractivity contribution in [3.8, 4) is 0 Å². The molecule has 2 saturated heterocycles. The summed E-state index contributed by atoms with van der Waals surface area (Å²) in [6, 6.07) is 1.14. The quantitative estimate of drug-likeness (QED) is 0.629. The number of fused-ring (bicyclic) bond motifs is 2. The molecule has 2 aliphatic rings. The lowest BCUT2D eigenvalue weighted by Gasteiger charge is -2.38. The Labute approximate surface area is 85.4 Å². The molecule has 14 heavy (non-hydrogen) atoms. The molecule has 2 atom stereocenters. The lowest BCUT2D eigenvalue weighted by molar-refractivity contribution is 0.0985. The van der Waals surface area contributed by atoms with Crippen LogP contribution < -0.4 is 0 Å². The molecule has 0 radical (unpaired) electrons. The molecule has 0 saturated carbocycles. The van der Waals surface area contributed by atoms with Crippen LogP contribution in [0, 0.1) is 0 Å². The molecule has 0 N–H and O–H groups in total. The standard InChI is InChI=1S/C11H17N3/c1-3-7-12-14-10-5-6-11(14)9-13(4-2)8-10/h3-4,7,10-11H,1-2,5-6,8-9H2/b12-7+/t10-,11?/m0/s1. The summed E-state index contributed by atoms with van der Waals surface area (Å²) in [7, 11) is 0. The van der Waals surface area contributed by atoms with E-state index in [2.05, 4.69) is 28.2 Å². The predicted molar refractivity (Wildman–Crippen MR) is 59.1 cm³/mol. The molecule has 1 unspecified atom stereocenters. The fourth-order valence-electron chi connectivity index (χ4n) is 2.38. The average molecular weight is 191 g/mol. The van der Waals surface area contributed by atoms with Crippen molar-refractivity contribution in [2.75, 3.05) is 13.1 Å². The third-order valence-corrected chi connectivity index (χ3v) is 3.04. The molecule has 2 aliphatic heterocycles. The zero-order chi connectivity index (χ0) is 9.97. The van der Waals surface area contributed by atoms with Gasteiger partial charge in [-0.3, -0.25) is 5.01 Å². The van der Waals surface area contributed by atoms with Crippen molar-refractivity contribution in [1.82, 2.24) is 9.91 Å². The summed E-state index contributed by atoms with van der Waals surface area (Å²) in [5, 5.41) is 6.66. The van der Waals surface area contributed by atoms with Crippen LogP contribution in [0.1, 0.15) is 12.8 Å². The molecular weight excluding hydrogens is 174 g/mol. The van der Waals surface area contributed by atoms with Crippen molar-refractivity contribution in [3.63, 3.8) is 0 Å². The largest absolute Gasteiger partial charge is 0.374 e. The molecular formula is C11H17N3. The Bertz CT molecular complexity index is 245. The maximum Gasteiger partial charge on any atom is 0.0650 e. The van der Waals surface area contributed by atoms with E-state index >= 15 is 0 Å². The first-order valence-corrected chi connectivity index (χ1v) is 5.15. The lowest BCUT2D eigenvalue weighted by atomic mass is 10.2. The van der Waals surface area contributed by atoms with Gasteiger partial charge in [-0.05, 0) is 25.1 Å². The first kappa shape index (κ1) is 9.31. The fraction of sp³-hybridized carbons (Fsp3) is 0.545. The Morgan fingerprint density at radius 2 is 1.79 bits per heavy atom. The number of allylic oxidation sites excluding steroid dienone is 1. The van der Waals surface area contributed by atoms with Crippen molar-refractivity contribution >= 4 is 6.21 Å². The molecule has 0 aliphatic carbocycles. The third kappa shape index (κ3) is 1.54. The topological polar surface area (TPSA) is 18.8 Å². The van der Waals surface area contributed by atoms with E-state index in [1.165, 1.54) is 12.8 Å². The van der Waals surface area contributed by atoms with Crippen molar-refractivity contribution in [2.45, 2.75) is 24.9 Å². The fourth-order valence-corrected chi connectivity index (χ4v) is 2.38. The molecule has 3 heteroatoms. The minimum Gasteiger partial charge on any atom is -0.374 e. The maximum atomic E-state index is 4.42. The minimum absolute atomic E-state index is 0.572. The summed E-state index contributed by atoms with van der Waals surface area (Å²) in [5.41, 5.74) is 0. The second-order valence-corrected chi connectivity index (χ2v) is 3.90. The van der Waals surface area contributed by atoms with E-state index in [-0.39, 0.29) is 0 Å². The van der Waals surface area contributed by atoms with Crippen molar-refractivity contribution < 1.29 is 0 Å². The summed E-state index contributed by atoms with van der Waals surface area (Å²) in [6.45, 7) is 9.59. The molecule has 76 valence electrons. The van der Waals surface area contributed by atoms with Gasteiger partial charge in [-0.1, -0.05) is 13.2 Å². The number of piperazine rings is 1. The van der Waals surface area contributed by atoms with Crippen LogP contribution in [0.4, 0.5) is 0 Å². The van der Waals surface area contributed by atoms with Gasteiger partial charge in [0, 0.05) is 19.3 Å².